The summed E-state index contributed by atoms with van der Waals surface area (Å²) in [5, 5.41) is 6.57. The van der Waals surface area contributed by atoms with Gasteiger partial charge in [0, 0.05) is 26.7 Å². The van der Waals surface area contributed by atoms with Gasteiger partial charge in [0.25, 0.3) is 0 Å². The highest BCUT2D eigenvalue weighted by molar-refractivity contribution is 14.0. The number of aliphatic imine (C=N–C) groups is 1. The van der Waals surface area contributed by atoms with Crippen LogP contribution in [0.1, 0.15) is 16.7 Å². The quantitative estimate of drug-likeness (QED) is 0.398. The van der Waals surface area contributed by atoms with Crippen molar-refractivity contribution in [2.45, 2.75) is 19.6 Å². The second kappa shape index (κ2) is 11.0. The Kier molecular flexibility index (Phi) is 9.44. The van der Waals surface area contributed by atoms with Gasteiger partial charge in [-0.25, -0.2) is 4.39 Å². The lowest BCUT2D eigenvalue weighted by Crippen LogP contribution is -2.36. The molecule has 0 aliphatic rings. The highest BCUT2D eigenvalue weighted by Gasteiger charge is 2.04. The maximum atomic E-state index is 12.9. The van der Waals surface area contributed by atoms with Gasteiger partial charge in [0.15, 0.2) is 5.96 Å². The van der Waals surface area contributed by atoms with Crippen LogP contribution in [-0.2, 0) is 19.6 Å². The minimum atomic E-state index is -0.223. The van der Waals surface area contributed by atoms with Crippen LogP contribution in [0.4, 0.5) is 4.39 Å². The SMILES string of the molecule is CN=C(NCc1ccc(F)cc1)NCc1ccccc1CN(C)C.I. The zero-order chi connectivity index (χ0) is 17.4. The Morgan fingerprint density at radius 3 is 2.16 bits per heavy atom. The molecule has 2 N–H and O–H groups in total. The molecule has 0 atom stereocenters. The summed E-state index contributed by atoms with van der Waals surface area (Å²) in [5.74, 6) is 0.498. The second-order valence-electron chi connectivity index (χ2n) is 5.91. The summed E-state index contributed by atoms with van der Waals surface area (Å²) in [4.78, 5) is 6.39. The molecule has 6 heteroatoms. The molecular weight excluding hydrogens is 430 g/mol. The van der Waals surface area contributed by atoms with Gasteiger partial charge in [-0.05, 0) is 42.9 Å². The Morgan fingerprint density at radius 2 is 1.56 bits per heavy atom. The summed E-state index contributed by atoms with van der Waals surface area (Å²) in [7, 11) is 5.87. The molecule has 0 bridgehead atoms. The predicted molar refractivity (Wildman–Crippen MR) is 113 cm³/mol. The van der Waals surface area contributed by atoms with Gasteiger partial charge in [-0.15, -0.1) is 24.0 Å². The fourth-order valence-electron chi connectivity index (χ4n) is 2.41. The Labute approximate surface area is 166 Å². The summed E-state index contributed by atoms with van der Waals surface area (Å²) in [6.45, 7) is 2.20. The predicted octanol–water partition coefficient (Wildman–Crippen LogP) is 3.37. The minimum absolute atomic E-state index is 0. The van der Waals surface area contributed by atoms with Crippen molar-refractivity contribution in [3.05, 3.63) is 71.0 Å². The second-order valence-corrected chi connectivity index (χ2v) is 5.91. The molecule has 0 spiro atoms. The monoisotopic (exact) mass is 456 g/mol. The van der Waals surface area contributed by atoms with Crippen molar-refractivity contribution in [2.75, 3.05) is 21.1 Å². The molecule has 0 aliphatic carbocycles. The van der Waals surface area contributed by atoms with E-state index in [9.17, 15) is 4.39 Å². The van der Waals surface area contributed by atoms with Crippen LogP contribution in [0.25, 0.3) is 0 Å². The molecular formula is C19H26FIN4. The number of halogens is 2. The molecule has 25 heavy (non-hydrogen) atoms. The van der Waals surface area contributed by atoms with E-state index in [2.05, 4.69) is 52.8 Å². The standard InChI is InChI=1S/C19H25FN4.HI/c1-21-19(22-12-15-8-10-18(20)11-9-15)23-13-16-6-4-5-7-17(16)14-24(2)3;/h4-11H,12-14H2,1-3H3,(H2,21,22,23);1H. The maximum Gasteiger partial charge on any atom is 0.191 e. The molecule has 0 heterocycles. The maximum absolute atomic E-state index is 12.9. The number of nitrogens with one attached hydrogen (secondary N) is 2. The number of nitrogens with zero attached hydrogens (tertiary/aromatic N) is 2. The van der Waals surface area contributed by atoms with Crippen LogP contribution >= 0.6 is 24.0 Å². The van der Waals surface area contributed by atoms with E-state index >= 15 is 0 Å². The first kappa shape index (κ1) is 21.4. The van der Waals surface area contributed by atoms with Crippen molar-refractivity contribution in [1.29, 1.82) is 0 Å². The van der Waals surface area contributed by atoms with Gasteiger partial charge in [-0.1, -0.05) is 36.4 Å². The average Bonchev–Trinajstić information content (AvgIpc) is 2.57. The average molecular weight is 456 g/mol. The van der Waals surface area contributed by atoms with Crippen molar-refractivity contribution >= 4 is 29.9 Å². The molecule has 0 unspecified atom stereocenters. The number of hydrogen-bond donors (Lipinski definition) is 2. The first-order valence-electron chi connectivity index (χ1n) is 7.99. The number of guanidine groups is 1. The van der Waals surface area contributed by atoms with E-state index in [1.807, 2.05) is 6.07 Å². The van der Waals surface area contributed by atoms with Gasteiger partial charge >= 0.3 is 0 Å². The fraction of sp³-hybridized carbons (Fsp3) is 0.316. The van der Waals surface area contributed by atoms with Crippen LogP contribution < -0.4 is 10.6 Å². The molecule has 0 aromatic heterocycles. The first-order valence-corrected chi connectivity index (χ1v) is 7.99. The normalized spacial score (nSPS) is 11.2. The van der Waals surface area contributed by atoms with E-state index in [-0.39, 0.29) is 29.8 Å². The van der Waals surface area contributed by atoms with Crippen LogP contribution in [0.2, 0.25) is 0 Å². The number of benzene rings is 2. The zero-order valence-electron chi connectivity index (χ0n) is 14.9. The summed E-state index contributed by atoms with van der Waals surface area (Å²) in [6.07, 6.45) is 0. The Bertz CT molecular complexity index is 671. The molecule has 2 aromatic carbocycles. The highest BCUT2D eigenvalue weighted by atomic mass is 127. The van der Waals surface area contributed by atoms with E-state index < -0.39 is 0 Å². The van der Waals surface area contributed by atoms with Crippen LogP contribution in [0.15, 0.2) is 53.5 Å². The Balaban J connectivity index is 0.00000312. The molecule has 0 amide bonds. The number of rotatable bonds is 6. The van der Waals surface area contributed by atoms with Crippen LogP contribution in [-0.4, -0.2) is 32.0 Å². The van der Waals surface area contributed by atoms with Crippen molar-refractivity contribution < 1.29 is 4.39 Å². The Hall–Kier alpha value is -1.67. The van der Waals surface area contributed by atoms with Crippen molar-refractivity contribution in [3.63, 3.8) is 0 Å². The smallest absolute Gasteiger partial charge is 0.191 e. The molecule has 2 aromatic rings. The Morgan fingerprint density at radius 1 is 0.960 bits per heavy atom. The first-order chi connectivity index (χ1) is 11.6. The molecule has 0 saturated carbocycles. The summed E-state index contributed by atoms with van der Waals surface area (Å²) in [5.41, 5.74) is 3.55. The summed E-state index contributed by atoms with van der Waals surface area (Å²) in [6, 6.07) is 14.8. The van der Waals surface area contributed by atoms with E-state index in [0.29, 0.717) is 13.1 Å². The zero-order valence-corrected chi connectivity index (χ0v) is 17.3. The summed E-state index contributed by atoms with van der Waals surface area (Å²) >= 11 is 0. The summed E-state index contributed by atoms with van der Waals surface area (Å²) < 4.78 is 12.9. The van der Waals surface area contributed by atoms with E-state index in [0.717, 1.165) is 18.1 Å². The lowest BCUT2D eigenvalue weighted by Gasteiger charge is -2.16. The van der Waals surface area contributed by atoms with Crippen LogP contribution in [0.3, 0.4) is 0 Å². The molecule has 0 radical (unpaired) electrons. The van der Waals surface area contributed by atoms with Crippen molar-refractivity contribution in [2.24, 2.45) is 4.99 Å². The topological polar surface area (TPSA) is 39.7 Å². The molecule has 4 nitrogen and oxygen atoms in total. The van der Waals surface area contributed by atoms with Gasteiger partial charge < -0.3 is 15.5 Å². The van der Waals surface area contributed by atoms with Crippen LogP contribution in [0.5, 0.6) is 0 Å². The minimum Gasteiger partial charge on any atom is -0.352 e. The molecule has 0 saturated heterocycles. The van der Waals surface area contributed by atoms with E-state index in [1.165, 1.54) is 23.3 Å². The largest absolute Gasteiger partial charge is 0.352 e. The number of hydrogen-bond acceptors (Lipinski definition) is 2. The van der Waals surface area contributed by atoms with Gasteiger partial charge in [0.1, 0.15) is 5.82 Å². The molecule has 0 fully saturated rings. The third kappa shape index (κ3) is 7.39. The van der Waals surface area contributed by atoms with Gasteiger partial charge in [-0.2, -0.15) is 0 Å². The van der Waals surface area contributed by atoms with Gasteiger partial charge in [0.05, 0.1) is 0 Å². The molecule has 136 valence electrons. The fourth-order valence-corrected chi connectivity index (χ4v) is 2.41. The lowest BCUT2D eigenvalue weighted by atomic mass is 10.1. The highest BCUT2D eigenvalue weighted by Crippen LogP contribution is 2.10. The van der Waals surface area contributed by atoms with Gasteiger partial charge in [-0.3, -0.25) is 4.99 Å². The molecule has 2 rings (SSSR count). The lowest BCUT2D eigenvalue weighted by molar-refractivity contribution is 0.400. The van der Waals surface area contributed by atoms with Crippen molar-refractivity contribution in [3.8, 4) is 0 Å². The van der Waals surface area contributed by atoms with Gasteiger partial charge in [0.2, 0.25) is 0 Å². The molecule has 0 aliphatic heterocycles. The third-order valence-corrected chi connectivity index (χ3v) is 3.65. The third-order valence-electron chi connectivity index (χ3n) is 3.65. The van der Waals surface area contributed by atoms with Crippen molar-refractivity contribution in [1.82, 2.24) is 15.5 Å². The van der Waals surface area contributed by atoms with Crippen LogP contribution in [0, 0.1) is 5.82 Å². The van der Waals surface area contributed by atoms with E-state index in [1.54, 1.807) is 19.2 Å². The van der Waals surface area contributed by atoms with E-state index in [4.69, 9.17) is 0 Å².